The fourth-order valence-electron chi connectivity index (χ4n) is 2.22. The highest BCUT2D eigenvalue weighted by Crippen LogP contribution is 2.31. The topological polar surface area (TPSA) is 86.4 Å². The number of aromatic amines is 1. The normalized spacial score (nSPS) is 16.9. The maximum atomic E-state index is 8.94. The number of nitriles is 1. The van der Waals surface area contributed by atoms with E-state index in [-0.39, 0.29) is 5.82 Å². The SMILES string of the molecule is COC1=CC=C(N=Nc2nc[nH]c2C#N)C2=CC=CC=C1C2. The van der Waals surface area contributed by atoms with Gasteiger partial charge in [-0.2, -0.15) is 5.26 Å². The molecule has 2 bridgehead atoms. The molecule has 0 amide bonds. The Morgan fingerprint density at radius 2 is 2.00 bits per heavy atom. The summed E-state index contributed by atoms with van der Waals surface area (Å²) in [6, 6.07) is 1.99. The van der Waals surface area contributed by atoms with Crippen molar-refractivity contribution >= 4 is 5.82 Å². The number of azo groups is 1. The van der Waals surface area contributed by atoms with E-state index in [1.165, 1.54) is 6.33 Å². The van der Waals surface area contributed by atoms with Crippen LogP contribution in [-0.4, -0.2) is 17.1 Å². The number of hydrogen-bond acceptors (Lipinski definition) is 5. The first kappa shape index (κ1) is 13.8. The summed E-state index contributed by atoms with van der Waals surface area (Å²) in [5, 5.41) is 17.3. The van der Waals surface area contributed by atoms with Gasteiger partial charge in [-0.15, -0.1) is 10.2 Å². The molecule has 0 aromatic carbocycles. The maximum Gasteiger partial charge on any atom is 0.210 e. The van der Waals surface area contributed by atoms with E-state index in [2.05, 4.69) is 20.2 Å². The third kappa shape index (κ3) is 2.65. The number of imidazole rings is 1. The van der Waals surface area contributed by atoms with Gasteiger partial charge in [0.1, 0.15) is 11.8 Å². The summed E-state index contributed by atoms with van der Waals surface area (Å²) in [4.78, 5) is 6.69. The molecule has 2 aliphatic rings. The second-order valence-corrected chi connectivity index (χ2v) is 4.65. The summed E-state index contributed by atoms with van der Waals surface area (Å²) in [7, 11) is 1.65. The standard InChI is InChI=1S/C16H13N5O/c1-22-15-7-6-13(11-4-2-3-5-12(15)8-11)20-21-16-14(9-17)18-10-19-16/h2-7,10H,8H2,1H3,(H,18,19). The second kappa shape index (κ2) is 6.06. The quantitative estimate of drug-likeness (QED) is 0.863. The number of allylic oxidation sites excluding steroid dienone is 8. The first-order chi connectivity index (χ1) is 10.8. The van der Waals surface area contributed by atoms with Crippen molar-refractivity contribution in [3.63, 3.8) is 0 Å². The number of rotatable bonds is 3. The number of H-pyrrole nitrogens is 1. The number of aromatic nitrogens is 2. The van der Waals surface area contributed by atoms with Crippen molar-refractivity contribution in [3.05, 3.63) is 71.1 Å². The van der Waals surface area contributed by atoms with E-state index in [4.69, 9.17) is 10.00 Å². The van der Waals surface area contributed by atoms with E-state index in [0.717, 1.165) is 22.6 Å². The van der Waals surface area contributed by atoms with Gasteiger partial charge in [0.2, 0.25) is 5.82 Å². The lowest BCUT2D eigenvalue weighted by atomic mass is 10.0. The van der Waals surface area contributed by atoms with Crippen LogP contribution in [0.1, 0.15) is 12.1 Å². The lowest BCUT2D eigenvalue weighted by molar-refractivity contribution is 0.300. The minimum absolute atomic E-state index is 0.282. The van der Waals surface area contributed by atoms with Gasteiger partial charge in [0, 0.05) is 6.42 Å². The third-order valence-electron chi connectivity index (χ3n) is 3.33. The molecule has 0 atom stereocenters. The predicted octanol–water partition coefficient (Wildman–Crippen LogP) is 3.61. The minimum Gasteiger partial charge on any atom is -0.496 e. The van der Waals surface area contributed by atoms with Crippen molar-refractivity contribution in [2.75, 3.05) is 7.11 Å². The third-order valence-corrected chi connectivity index (χ3v) is 3.33. The highest BCUT2D eigenvalue weighted by molar-refractivity contribution is 5.50. The summed E-state index contributed by atoms with van der Waals surface area (Å²) in [5.41, 5.74) is 3.13. The summed E-state index contributed by atoms with van der Waals surface area (Å²) in [6.07, 6.45) is 13.8. The lowest BCUT2D eigenvalue weighted by Gasteiger charge is -2.08. The molecular weight excluding hydrogens is 278 g/mol. The molecule has 1 N–H and O–H groups in total. The highest BCUT2D eigenvalue weighted by atomic mass is 16.5. The molecule has 0 radical (unpaired) electrons. The van der Waals surface area contributed by atoms with Gasteiger partial charge in [-0.3, -0.25) is 0 Å². The largest absolute Gasteiger partial charge is 0.496 e. The summed E-state index contributed by atoms with van der Waals surface area (Å²) in [5.74, 6) is 1.09. The van der Waals surface area contributed by atoms with Gasteiger partial charge in [-0.25, -0.2) is 4.98 Å². The van der Waals surface area contributed by atoms with Crippen molar-refractivity contribution in [3.8, 4) is 6.07 Å². The molecule has 1 heterocycles. The van der Waals surface area contributed by atoms with Gasteiger partial charge in [0.05, 0.1) is 19.1 Å². The van der Waals surface area contributed by atoms with Crippen LogP contribution in [0.15, 0.2) is 75.6 Å². The van der Waals surface area contributed by atoms with Crippen LogP contribution in [0.2, 0.25) is 0 Å². The molecular formula is C16H13N5O. The maximum absolute atomic E-state index is 8.94. The Morgan fingerprint density at radius 3 is 2.77 bits per heavy atom. The molecule has 6 heteroatoms. The van der Waals surface area contributed by atoms with Crippen LogP contribution < -0.4 is 0 Å². The molecule has 1 aromatic heterocycles. The molecule has 0 saturated heterocycles. The summed E-state index contributed by atoms with van der Waals surface area (Å²) < 4.78 is 5.40. The van der Waals surface area contributed by atoms with Gasteiger partial charge in [-0.05, 0) is 23.3 Å². The predicted molar refractivity (Wildman–Crippen MR) is 80.9 cm³/mol. The van der Waals surface area contributed by atoms with Crippen LogP contribution >= 0.6 is 0 Å². The van der Waals surface area contributed by atoms with Crippen molar-refractivity contribution < 1.29 is 4.74 Å². The van der Waals surface area contributed by atoms with E-state index in [9.17, 15) is 0 Å². The number of methoxy groups -OCH3 is 1. The number of ether oxygens (including phenoxy) is 1. The molecule has 0 aliphatic heterocycles. The first-order valence-electron chi connectivity index (χ1n) is 6.70. The molecule has 0 spiro atoms. The van der Waals surface area contributed by atoms with Gasteiger partial charge in [0.25, 0.3) is 0 Å². The van der Waals surface area contributed by atoms with Crippen molar-refractivity contribution in [1.82, 2.24) is 9.97 Å². The van der Waals surface area contributed by atoms with Crippen molar-refractivity contribution in [2.45, 2.75) is 6.42 Å². The number of nitrogens with one attached hydrogen (secondary N) is 1. The monoisotopic (exact) mass is 291 g/mol. The molecule has 6 nitrogen and oxygen atoms in total. The van der Waals surface area contributed by atoms with Crippen LogP contribution in [0.5, 0.6) is 0 Å². The molecule has 0 unspecified atom stereocenters. The number of hydrogen-bond donors (Lipinski definition) is 1. The molecule has 0 saturated carbocycles. The van der Waals surface area contributed by atoms with Crippen molar-refractivity contribution in [1.29, 1.82) is 5.26 Å². The summed E-state index contributed by atoms with van der Waals surface area (Å²) in [6.45, 7) is 0. The molecule has 2 aliphatic carbocycles. The van der Waals surface area contributed by atoms with Crippen molar-refractivity contribution in [2.24, 2.45) is 10.2 Å². The van der Waals surface area contributed by atoms with E-state index in [1.54, 1.807) is 7.11 Å². The molecule has 0 fully saturated rings. The van der Waals surface area contributed by atoms with Crippen LogP contribution in [0, 0.1) is 11.3 Å². The fourth-order valence-corrected chi connectivity index (χ4v) is 2.22. The molecule has 22 heavy (non-hydrogen) atoms. The number of fused-ring (bicyclic) bond motifs is 2. The van der Waals surface area contributed by atoms with E-state index in [1.807, 2.05) is 42.5 Å². The van der Waals surface area contributed by atoms with Crippen LogP contribution in [0.4, 0.5) is 5.82 Å². The lowest BCUT2D eigenvalue weighted by Crippen LogP contribution is -1.93. The Kier molecular flexibility index (Phi) is 3.79. The Balaban J connectivity index is 1.96. The number of nitrogens with zero attached hydrogens (tertiary/aromatic N) is 4. The Morgan fingerprint density at radius 1 is 1.18 bits per heavy atom. The zero-order valence-electron chi connectivity index (χ0n) is 11.9. The summed E-state index contributed by atoms with van der Waals surface area (Å²) >= 11 is 0. The van der Waals surface area contributed by atoms with E-state index < -0.39 is 0 Å². The minimum atomic E-state index is 0.282. The van der Waals surface area contributed by atoms with Crippen LogP contribution in [0.3, 0.4) is 0 Å². The van der Waals surface area contributed by atoms with Crippen LogP contribution in [-0.2, 0) is 4.74 Å². The van der Waals surface area contributed by atoms with Gasteiger partial charge in [-0.1, -0.05) is 24.3 Å². The van der Waals surface area contributed by atoms with Crippen LogP contribution in [0.25, 0.3) is 0 Å². The fraction of sp³-hybridized carbons (Fsp3) is 0.125. The van der Waals surface area contributed by atoms with Gasteiger partial charge in [0.15, 0.2) is 5.69 Å². The Bertz CT molecular complexity index is 812. The average Bonchev–Trinajstić information content (AvgIpc) is 2.76. The van der Waals surface area contributed by atoms with E-state index >= 15 is 0 Å². The van der Waals surface area contributed by atoms with Gasteiger partial charge >= 0.3 is 0 Å². The average molecular weight is 291 g/mol. The second-order valence-electron chi connectivity index (χ2n) is 4.65. The smallest absolute Gasteiger partial charge is 0.210 e. The first-order valence-corrected chi connectivity index (χ1v) is 6.70. The zero-order valence-corrected chi connectivity index (χ0v) is 11.9. The van der Waals surface area contributed by atoms with Gasteiger partial charge < -0.3 is 9.72 Å². The van der Waals surface area contributed by atoms with E-state index in [0.29, 0.717) is 12.1 Å². The molecule has 108 valence electrons. The molecule has 3 rings (SSSR count). The Labute approximate surface area is 127 Å². The molecule has 1 aromatic rings. The zero-order chi connectivity index (χ0) is 15.4. The Hall–Kier alpha value is -3.20. The highest BCUT2D eigenvalue weighted by Gasteiger charge is 2.16.